The van der Waals surface area contributed by atoms with Crippen molar-refractivity contribution < 1.29 is 18.8 Å². The second-order valence-corrected chi connectivity index (χ2v) is 3.21. The molecular weight excluding hydrogens is 241 g/mol. The SMILES string of the molecule is C=C(C)C(=O)OCC.O=[N+]([O-])c1ccccc1F. The summed E-state index contributed by atoms with van der Waals surface area (Å²) in [5.41, 5.74) is -0.0330. The van der Waals surface area contributed by atoms with Crippen LogP contribution in [0.3, 0.4) is 0 Å². The lowest BCUT2D eigenvalue weighted by Crippen LogP contribution is -2.03. The van der Waals surface area contributed by atoms with Gasteiger partial charge in [0, 0.05) is 11.6 Å². The minimum atomic E-state index is -0.799. The first-order valence-electron chi connectivity index (χ1n) is 5.11. The van der Waals surface area contributed by atoms with Gasteiger partial charge in [0.1, 0.15) is 0 Å². The van der Waals surface area contributed by atoms with Gasteiger partial charge in [0.15, 0.2) is 0 Å². The number of nitro benzene ring substituents is 1. The number of rotatable bonds is 3. The van der Waals surface area contributed by atoms with Gasteiger partial charge in [0.05, 0.1) is 11.5 Å². The molecule has 0 aliphatic rings. The predicted octanol–water partition coefficient (Wildman–Crippen LogP) is 2.86. The summed E-state index contributed by atoms with van der Waals surface area (Å²) in [4.78, 5) is 19.7. The molecule has 0 fully saturated rings. The van der Waals surface area contributed by atoms with Crippen LogP contribution in [0.5, 0.6) is 0 Å². The number of carbonyl (C=O) groups is 1. The van der Waals surface area contributed by atoms with Crippen molar-refractivity contribution in [2.24, 2.45) is 0 Å². The first-order valence-corrected chi connectivity index (χ1v) is 5.11. The fourth-order valence-electron chi connectivity index (χ4n) is 0.854. The Labute approximate surface area is 104 Å². The van der Waals surface area contributed by atoms with E-state index in [0.717, 1.165) is 12.1 Å². The van der Waals surface area contributed by atoms with Gasteiger partial charge in [-0.3, -0.25) is 10.1 Å². The maximum Gasteiger partial charge on any atom is 0.333 e. The molecule has 5 nitrogen and oxygen atoms in total. The Hall–Kier alpha value is -2.24. The maximum absolute atomic E-state index is 12.4. The van der Waals surface area contributed by atoms with E-state index in [1.807, 2.05) is 0 Å². The van der Waals surface area contributed by atoms with Crippen molar-refractivity contribution >= 4 is 11.7 Å². The smallest absolute Gasteiger partial charge is 0.333 e. The number of esters is 1. The van der Waals surface area contributed by atoms with Crippen molar-refractivity contribution in [3.8, 4) is 0 Å². The van der Waals surface area contributed by atoms with Gasteiger partial charge in [-0.2, -0.15) is 4.39 Å². The number of nitrogens with zero attached hydrogens (tertiary/aromatic N) is 1. The molecule has 0 aromatic heterocycles. The Kier molecular flexibility index (Phi) is 6.95. The minimum absolute atomic E-state index is 0.312. The van der Waals surface area contributed by atoms with E-state index in [-0.39, 0.29) is 5.97 Å². The Bertz CT molecular complexity index is 445. The molecule has 1 aromatic rings. The molecule has 0 unspecified atom stereocenters. The Morgan fingerprint density at radius 2 is 2.06 bits per heavy atom. The average Bonchev–Trinajstić information content (AvgIpc) is 2.30. The van der Waals surface area contributed by atoms with Crippen LogP contribution in [0.1, 0.15) is 13.8 Å². The number of halogens is 1. The lowest BCUT2D eigenvalue weighted by atomic mass is 10.3. The second kappa shape index (κ2) is 7.94. The number of para-hydroxylation sites is 1. The highest BCUT2D eigenvalue weighted by atomic mass is 19.1. The predicted molar refractivity (Wildman–Crippen MR) is 64.5 cm³/mol. The fraction of sp³-hybridized carbons (Fsp3) is 0.250. The van der Waals surface area contributed by atoms with Crippen molar-refractivity contribution in [1.82, 2.24) is 0 Å². The van der Waals surface area contributed by atoms with Gasteiger partial charge >= 0.3 is 11.7 Å². The molecule has 0 saturated carbocycles. The van der Waals surface area contributed by atoms with Gasteiger partial charge in [-0.1, -0.05) is 18.7 Å². The first kappa shape index (κ1) is 15.8. The van der Waals surface area contributed by atoms with Crippen LogP contribution in [0.2, 0.25) is 0 Å². The van der Waals surface area contributed by atoms with Crippen LogP contribution in [0, 0.1) is 15.9 Å². The molecule has 0 aliphatic heterocycles. The van der Waals surface area contributed by atoms with E-state index in [1.165, 1.54) is 12.1 Å². The van der Waals surface area contributed by atoms with Crippen molar-refractivity contribution in [2.45, 2.75) is 13.8 Å². The van der Waals surface area contributed by atoms with Crippen LogP contribution in [0.25, 0.3) is 0 Å². The largest absolute Gasteiger partial charge is 0.463 e. The molecule has 1 rings (SSSR count). The van der Waals surface area contributed by atoms with Crippen LogP contribution in [0.15, 0.2) is 36.4 Å². The van der Waals surface area contributed by atoms with E-state index in [2.05, 4.69) is 11.3 Å². The summed E-state index contributed by atoms with van der Waals surface area (Å²) in [7, 11) is 0. The molecule has 0 atom stereocenters. The maximum atomic E-state index is 12.4. The van der Waals surface area contributed by atoms with E-state index < -0.39 is 16.4 Å². The van der Waals surface area contributed by atoms with E-state index in [1.54, 1.807) is 13.8 Å². The standard InChI is InChI=1S/C6H4FNO2.C6H10O2/c7-5-3-1-2-4-6(5)8(9)10;1-4-8-6(7)5(2)3/h1-4H;2,4H2,1,3H3. The van der Waals surface area contributed by atoms with Crippen LogP contribution < -0.4 is 0 Å². The summed E-state index contributed by atoms with van der Waals surface area (Å²) in [6, 6.07) is 5.00. The molecule has 0 amide bonds. The Morgan fingerprint density at radius 1 is 1.50 bits per heavy atom. The van der Waals surface area contributed by atoms with Crippen molar-refractivity contribution in [1.29, 1.82) is 0 Å². The molecule has 1 aromatic carbocycles. The number of nitro groups is 1. The summed E-state index contributed by atoms with van der Waals surface area (Å²) < 4.78 is 17.0. The molecule has 0 aliphatic carbocycles. The van der Waals surface area contributed by atoms with E-state index in [4.69, 9.17) is 0 Å². The van der Waals surface area contributed by atoms with Gasteiger partial charge in [0.25, 0.3) is 0 Å². The zero-order valence-corrected chi connectivity index (χ0v) is 10.2. The molecule has 6 heteroatoms. The topological polar surface area (TPSA) is 69.4 Å². The molecule has 0 saturated heterocycles. The lowest BCUT2D eigenvalue weighted by Gasteiger charge is -1.96. The third-order valence-electron chi connectivity index (χ3n) is 1.67. The quantitative estimate of drug-likeness (QED) is 0.360. The molecule has 98 valence electrons. The molecule has 0 radical (unpaired) electrons. The Balaban J connectivity index is 0.000000331. The summed E-state index contributed by atoms with van der Waals surface area (Å²) >= 11 is 0. The van der Waals surface area contributed by atoms with Gasteiger partial charge < -0.3 is 4.74 Å². The molecule has 0 bridgehead atoms. The van der Waals surface area contributed by atoms with Gasteiger partial charge in [0.2, 0.25) is 5.82 Å². The van der Waals surface area contributed by atoms with Crippen LogP contribution in [0.4, 0.5) is 10.1 Å². The van der Waals surface area contributed by atoms with Crippen LogP contribution in [-0.2, 0) is 9.53 Å². The number of hydrogen-bond donors (Lipinski definition) is 0. The molecule has 18 heavy (non-hydrogen) atoms. The van der Waals surface area contributed by atoms with Gasteiger partial charge in [-0.25, -0.2) is 4.79 Å². The number of carbonyl (C=O) groups excluding carboxylic acids is 1. The van der Waals surface area contributed by atoms with E-state index in [0.29, 0.717) is 12.2 Å². The highest BCUT2D eigenvalue weighted by Gasteiger charge is 2.10. The molecule has 0 spiro atoms. The number of ether oxygens (including phenoxy) is 1. The molecule has 0 heterocycles. The zero-order valence-electron chi connectivity index (χ0n) is 10.2. The summed E-state index contributed by atoms with van der Waals surface area (Å²) in [6.45, 7) is 7.21. The highest BCUT2D eigenvalue weighted by molar-refractivity contribution is 5.86. The van der Waals surface area contributed by atoms with E-state index in [9.17, 15) is 19.3 Å². The third kappa shape index (κ3) is 5.74. The highest BCUT2D eigenvalue weighted by Crippen LogP contribution is 2.14. The zero-order chi connectivity index (χ0) is 14.1. The second-order valence-electron chi connectivity index (χ2n) is 3.21. The normalized spacial score (nSPS) is 8.83. The summed E-state index contributed by atoms with van der Waals surface area (Å²) in [6.07, 6.45) is 0. The van der Waals surface area contributed by atoms with Crippen LogP contribution in [-0.4, -0.2) is 17.5 Å². The summed E-state index contributed by atoms with van der Waals surface area (Å²) in [5.74, 6) is -1.11. The van der Waals surface area contributed by atoms with Gasteiger partial charge in [-0.05, 0) is 19.9 Å². The van der Waals surface area contributed by atoms with Crippen molar-refractivity contribution in [3.05, 3.63) is 52.3 Å². The van der Waals surface area contributed by atoms with Crippen molar-refractivity contribution in [2.75, 3.05) is 6.61 Å². The monoisotopic (exact) mass is 255 g/mol. The summed E-state index contributed by atoms with van der Waals surface area (Å²) in [5, 5.41) is 9.99. The number of hydrogen-bond acceptors (Lipinski definition) is 4. The minimum Gasteiger partial charge on any atom is -0.463 e. The van der Waals surface area contributed by atoms with Crippen LogP contribution >= 0.6 is 0 Å². The molecule has 0 N–H and O–H groups in total. The Morgan fingerprint density at radius 3 is 2.33 bits per heavy atom. The van der Waals surface area contributed by atoms with Gasteiger partial charge in [-0.15, -0.1) is 0 Å². The molecular formula is C12H14FNO4. The third-order valence-corrected chi connectivity index (χ3v) is 1.67. The average molecular weight is 255 g/mol. The lowest BCUT2D eigenvalue weighted by molar-refractivity contribution is -0.387. The van der Waals surface area contributed by atoms with E-state index >= 15 is 0 Å². The fourth-order valence-corrected chi connectivity index (χ4v) is 0.854. The van der Waals surface area contributed by atoms with Crippen molar-refractivity contribution in [3.63, 3.8) is 0 Å². The first-order chi connectivity index (χ1) is 8.40. The number of benzene rings is 1.